The van der Waals surface area contributed by atoms with Gasteiger partial charge in [-0.2, -0.15) is 13.2 Å². The van der Waals surface area contributed by atoms with Crippen LogP contribution in [0.1, 0.15) is 18.9 Å². The molecule has 0 aliphatic carbocycles. The van der Waals surface area contributed by atoms with Crippen molar-refractivity contribution < 1.29 is 26.4 Å². The summed E-state index contributed by atoms with van der Waals surface area (Å²) in [6.45, 7) is 2.21. The van der Waals surface area contributed by atoms with Gasteiger partial charge in [-0.25, -0.2) is 13.1 Å². The summed E-state index contributed by atoms with van der Waals surface area (Å²) < 4.78 is 64.5. The van der Waals surface area contributed by atoms with Crippen LogP contribution in [-0.2, 0) is 21.0 Å². The molecule has 10 heteroatoms. The number of amides is 1. The van der Waals surface area contributed by atoms with Crippen molar-refractivity contribution in [3.63, 3.8) is 0 Å². The number of halogens is 3. The predicted molar refractivity (Wildman–Crippen MR) is 85.0 cm³/mol. The maximum Gasteiger partial charge on any atom is 0.416 e. The summed E-state index contributed by atoms with van der Waals surface area (Å²) in [5.74, 6) is -0.266. The van der Waals surface area contributed by atoms with Crippen LogP contribution in [0.25, 0.3) is 0 Å². The van der Waals surface area contributed by atoms with Gasteiger partial charge in [-0.15, -0.1) is 0 Å². The average molecular weight is 379 g/mol. The van der Waals surface area contributed by atoms with E-state index in [9.17, 15) is 26.4 Å². The highest BCUT2D eigenvalue weighted by molar-refractivity contribution is 7.89. The molecule has 2 atom stereocenters. The zero-order chi connectivity index (χ0) is 18.8. The van der Waals surface area contributed by atoms with E-state index < -0.39 is 39.1 Å². The number of benzene rings is 1. The molecule has 3 N–H and O–H groups in total. The standard InChI is InChI=1S/C15H20F3N3O3S/c1-10-5-11(7-19)9-21(10)14(22)8-20-25(23,24)13-4-2-3-12(6-13)15(16,17)18/h2-4,6,10-11,20H,5,7-9,19H2,1H3. The Morgan fingerprint density at radius 2 is 2.08 bits per heavy atom. The van der Waals surface area contributed by atoms with Crippen molar-refractivity contribution >= 4 is 15.9 Å². The molecule has 1 saturated heterocycles. The van der Waals surface area contributed by atoms with Gasteiger partial charge in [0.1, 0.15) is 0 Å². The molecule has 2 unspecified atom stereocenters. The normalized spacial score (nSPS) is 21.6. The summed E-state index contributed by atoms with van der Waals surface area (Å²) >= 11 is 0. The molecule has 6 nitrogen and oxygen atoms in total. The molecule has 0 aromatic heterocycles. The number of hydrogen-bond acceptors (Lipinski definition) is 4. The van der Waals surface area contributed by atoms with Crippen LogP contribution in [0.3, 0.4) is 0 Å². The van der Waals surface area contributed by atoms with E-state index in [1.165, 1.54) is 4.90 Å². The Balaban J connectivity index is 2.06. The lowest BCUT2D eigenvalue weighted by atomic mass is 10.1. The van der Waals surface area contributed by atoms with Crippen LogP contribution in [-0.4, -0.2) is 44.9 Å². The number of hydrogen-bond donors (Lipinski definition) is 2. The Kier molecular flexibility index (Phi) is 5.75. The van der Waals surface area contributed by atoms with E-state index in [1.54, 1.807) is 0 Å². The molecule has 1 fully saturated rings. The number of alkyl halides is 3. The van der Waals surface area contributed by atoms with E-state index in [4.69, 9.17) is 5.73 Å². The second kappa shape index (κ2) is 7.30. The van der Waals surface area contributed by atoms with Gasteiger partial charge in [0.2, 0.25) is 15.9 Å². The van der Waals surface area contributed by atoms with Crippen LogP contribution in [0.4, 0.5) is 13.2 Å². The fourth-order valence-electron chi connectivity index (χ4n) is 2.84. The number of nitrogens with zero attached hydrogens (tertiary/aromatic N) is 1. The Bertz CT molecular complexity index is 737. The second-order valence-corrected chi connectivity index (χ2v) is 7.85. The van der Waals surface area contributed by atoms with Crippen LogP contribution in [0.15, 0.2) is 29.2 Å². The van der Waals surface area contributed by atoms with Gasteiger partial charge in [-0.1, -0.05) is 6.07 Å². The van der Waals surface area contributed by atoms with Crippen molar-refractivity contribution in [1.82, 2.24) is 9.62 Å². The highest BCUT2D eigenvalue weighted by Crippen LogP contribution is 2.30. The maximum absolute atomic E-state index is 12.7. The van der Waals surface area contributed by atoms with Gasteiger partial charge >= 0.3 is 6.18 Å². The molecular weight excluding hydrogens is 359 g/mol. The number of nitrogens with two attached hydrogens (primary N) is 1. The number of carbonyl (C=O) groups excluding carboxylic acids is 1. The third-order valence-corrected chi connectivity index (χ3v) is 5.60. The lowest BCUT2D eigenvalue weighted by Crippen LogP contribution is -2.42. The Hall–Kier alpha value is -1.65. The van der Waals surface area contributed by atoms with Crippen molar-refractivity contribution in [2.75, 3.05) is 19.6 Å². The molecule has 0 saturated carbocycles. The Labute approximate surface area is 144 Å². The lowest BCUT2D eigenvalue weighted by Gasteiger charge is -2.21. The number of rotatable bonds is 5. The molecule has 25 heavy (non-hydrogen) atoms. The lowest BCUT2D eigenvalue weighted by molar-refractivity contribution is -0.137. The smallest absolute Gasteiger partial charge is 0.339 e. The van der Waals surface area contributed by atoms with Crippen molar-refractivity contribution in [3.05, 3.63) is 29.8 Å². The minimum atomic E-state index is -4.65. The van der Waals surface area contributed by atoms with Crippen LogP contribution in [0.5, 0.6) is 0 Å². The molecule has 140 valence electrons. The van der Waals surface area contributed by atoms with Crippen LogP contribution in [0.2, 0.25) is 0 Å². The SMILES string of the molecule is CC1CC(CN)CN1C(=O)CNS(=O)(=O)c1cccc(C(F)(F)F)c1. The molecule has 1 heterocycles. The van der Waals surface area contributed by atoms with Crippen LogP contribution in [0, 0.1) is 5.92 Å². The number of likely N-dealkylation sites (tertiary alicyclic amines) is 1. The van der Waals surface area contributed by atoms with Gasteiger partial charge in [0, 0.05) is 12.6 Å². The first-order valence-corrected chi connectivity index (χ1v) is 9.19. The van der Waals surface area contributed by atoms with Crippen molar-refractivity contribution in [3.8, 4) is 0 Å². The van der Waals surface area contributed by atoms with Crippen LogP contribution >= 0.6 is 0 Å². The third-order valence-electron chi connectivity index (χ3n) is 4.20. The minimum absolute atomic E-state index is 0.0564. The molecule has 2 rings (SSSR count). The molecule has 1 aromatic rings. The summed E-state index contributed by atoms with van der Waals surface area (Å²) in [4.78, 5) is 13.2. The van der Waals surface area contributed by atoms with Gasteiger partial charge in [0.15, 0.2) is 0 Å². The topological polar surface area (TPSA) is 92.5 Å². The first-order valence-electron chi connectivity index (χ1n) is 7.71. The summed E-state index contributed by atoms with van der Waals surface area (Å²) in [5.41, 5.74) is 4.52. The van der Waals surface area contributed by atoms with Crippen molar-refractivity contribution in [1.29, 1.82) is 0 Å². The molecule has 0 spiro atoms. The fourth-order valence-corrected chi connectivity index (χ4v) is 3.86. The van der Waals surface area contributed by atoms with E-state index in [2.05, 4.69) is 4.72 Å². The first-order chi connectivity index (χ1) is 11.5. The zero-order valence-corrected chi connectivity index (χ0v) is 14.4. The first kappa shape index (κ1) is 19.7. The predicted octanol–water partition coefficient (Wildman–Crippen LogP) is 1.18. The summed E-state index contributed by atoms with van der Waals surface area (Å²) in [6.07, 6.45) is -3.91. The van der Waals surface area contributed by atoms with E-state index in [1.807, 2.05) is 6.92 Å². The fraction of sp³-hybridized carbons (Fsp3) is 0.533. The molecule has 0 bridgehead atoms. The molecule has 1 aliphatic heterocycles. The average Bonchev–Trinajstić information content (AvgIpc) is 2.93. The minimum Gasteiger partial charge on any atom is -0.339 e. The molecule has 1 amide bonds. The van der Waals surface area contributed by atoms with E-state index in [0.717, 1.165) is 24.6 Å². The molecule has 1 aromatic carbocycles. The molecular formula is C15H20F3N3O3S. The summed E-state index contributed by atoms with van der Waals surface area (Å²) in [6, 6.07) is 3.32. The number of nitrogens with one attached hydrogen (secondary N) is 1. The van der Waals surface area contributed by atoms with E-state index in [-0.39, 0.29) is 12.0 Å². The summed E-state index contributed by atoms with van der Waals surface area (Å²) in [5, 5.41) is 0. The van der Waals surface area contributed by atoms with E-state index >= 15 is 0 Å². The summed E-state index contributed by atoms with van der Waals surface area (Å²) in [7, 11) is -4.23. The van der Waals surface area contributed by atoms with Crippen molar-refractivity contribution in [2.24, 2.45) is 11.7 Å². The number of sulfonamides is 1. The van der Waals surface area contributed by atoms with Gasteiger partial charge in [0.05, 0.1) is 17.0 Å². The second-order valence-electron chi connectivity index (χ2n) is 6.08. The van der Waals surface area contributed by atoms with Gasteiger partial charge < -0.3 is 10.6 Å². The maximum atomic E-state index is 12.7. The van der Waals surface area contributed by atoms with Gasteiger partial charge in [-0.3, -0.25) is 4.79 Å². The van der Waals surface area contributed by atoms with E-state index in [0.29, 0.717) is 19.2 Å². The van der Waals surface area contributed by atoms with Crippen LogP contribution < -0.4 is 10.5 Å². The van der Waals surface area contributed by atoms with Gasteiger partial charge in [-0.05, 0) is 44.0 Å². The number of carbonyl (C=O) groups is 1. The quantitative estimate of drug-likeness (QED) is 0.804. The molecule has 1 aliphatic rings. The third kappa shape index (κ3) is 4.71. The monoisotopic (exact) mass is 379 g/mol. The zero-order valence-electron chi connectivity index (χ0n) is 13.6. The van der Waals surface area contributed by atoms with Gasteiger partial charge in [0.25, 0.3) is 0 Å². The molecule has 0 radical (unpaired) electrons. The Morgan fingerprint density at radius 1 is 1.40 bits per heavy atom. The highest BCUT2D eigenvalue weighted by atomic mass is 32.2. The largest absolute Gasteiger partial charge is 0.416 e. The Morgan fingerprint density at radius 3 is 2.64 bits per heavy atom. The highest BCUT2D eigenvalue weighted by Gasteiger charge is 2.33. The van der Waals surface area contributed by atoms with Crippen molar-refractivity contribution in [2.45, 2.75) is 30.5 Å².